The fourth-order valence-electron chi connectivity index (χ4n) is 2.74. The quantitative estimate of drug-likeness (QED) is 0.785. The van der Waals surface area contributed by atoms with Crippen molar-refractivity contribution in [2.24, 2.45) is 0 Å². The number of sulfone groups is 1. The van der Waals surface area contributed by atoms with E-state index < -0.39 is 9.84 Å². The molecular formula is C16H25N3O3S. The molecule has 0 radical (unpaired) electrons. The zero-order valence-corrected chi connectivity index (χ0v) is 14.6. The second-order valence-electron chi connectivity index (χ2n) is 6.16. The van der Waals surface area contributed by atoms with Gasteiger partial charge in [-0.15, -0.1) is 0 Å². The Labute approximate surface area is 138 Å². The van der Waals surface area contributed by atoms with E-state index in [1.54, 1.807) is 0 Å². The predicted molar refractivity (Wildman–Crippen MR) is 90.0 cm³/mol. The third-order valence-electron chi connectivity index (χ3n) is 4.17. The van der Waals surface area contributed by atoms with Crippen molar-refractivity contribution in [3.05, 3.63) is 29.6 Å². The van der Waals surface area contributed by atoms with Crippen LogP contribution in [0.1, 0.15) is 24.2 Å². The molecule has 1 aromatic heterocycles. The van der Waals surface area contributed by atoms with E-state index in [1.165, 1.54) is 0 Å². The van der Waals surface area contributed by atoms with E-state index in [9.17, 15) is 13.2 Å². The Kier molecular flexibility index (Phi) is 6.12. The largest absolute Gasteiger partial charge is 0.356 e. The summed E-state index contributed by atoms with van der Waals surface area (Å²) in [6.45, 7) is 3.09. The lowest BCUT2D eigenvalue weighted by Crippen LogP contribution is -2.36. The molecule has 1 saturated heterocycles. The number of pyridine rings is 1. The molecule has 0 aliphatic carbocycles. The molecule has 1 aliphatic rings. The van der Waals surface area contributed by atoms with Gasteiger partial charge in [0.2, 0.25) is 5.91 Å². The van der Waals surface area contributed by atoms with Crippen molar-refractivity contribution in [3.63, 3.8) is 0 Å². The maximum absolute atomic E-state index is 11.9. The normalized spacial score (nSPS) is 19.9. The van der Waals surface area contributed by atoms with Crippen molar-refractivity contribution >= 4 is 15.7 Å². The number of carbonyl (C=O) groups excluding carboxylic acids is 1. The molecule has 0 saturated carbocycles. The first-order chi connectivity index (χ1) is 10.9. The average Bonchev–Trinajstić information content (AvgIpc) is 2.85. The van der Waals surface area contributed by atoms with Gasteiger partial charge in [-0.1, -0.05) is 6.07 Å². The number of nitrogens with one attached hydrogen (secondary N) is 1. The summed E-state index contributed by atoms with van der Waals surface area (Å²) in [5, 5.41) is 2.89. The Morgan fingerprint density at radius 2 is 2.22 bits per heavy atom. The number of hydrogen-bond acceptors (Lipinski definition) is 5. The van der Waals surface area contributed by atoms with Crippen LogP contribution in [0.15, 0.2) is 18.2 Å². The lowest BCUT2D eigenvalue weighted by Gasteiger charge is -2.22. The van der Waals surface area contributed by atoms with E-state index >= 15 is 0 Å². The smallest absolute Gasteiger partial charge is 0.221 e. The maximum Gasteiger partial charge on any atom is 0.221 e. The van der Waals surface area contributed by atoms with E-state index in [2.05, 4.69) is 10.3 Å². The number of aromatic nitrogens is 1. The molecule has 0 unspecified atom stereocenters. The fraction of sp³-hybridized carbons (Fsp3) is 0.625. The van der Waals surface area contributed by atoms with Gasteiger partial charge in [0.1, 0.15) is 0 Å². The monoisotopic (exact) mass is 339 g/mol. The highest BCUT2D eigenvalue weighted by molar-refractivity contribution is 7.91. The Hall–Kier alpha value is -1.47. The van der Waals surface area contributed by atoms with Gasteiger partial charge in [0.05, 0.1) is 11.5 Å². The van der Waals surface area contributed by atoms with Crippen molar-refractivity contribution in [2.45, 2.75) is 32.2 Å². The highest BCUT2D eigenvalue weighted by Gasteiger charge is 2.30. The van der Waals surface area contributed by atoms with Crippen LogP contribution in [0.25, 0.3) is 0 Å². The average molecular weight is 339 g/mol. The van der Waals surface area contributed by atoms with Crippen molar-refractivity contribution in [2.75, 3.05) is 31.6 Å². The van der Waals surface area contributed by atoms with Gasteiger partial charge < -0.3 is 10.2 Å². The van der Waals surface area contributed by atoms with Gasteiger partial charge in [0, 0.05) is 43.4 Å². The molecule has 2 heterocycles. The molecule has 1 aliphatic heterocycles. The first-order valence-electron chi connectivity index (χ1n) is 7.95. The van der Waals surface area contributed by atoms with Gasteiger partial charge in [-0.3, -0.25) is 9.78 Å². The summed E-state index contributed by atoms with van der Waals surface area (Å²) < 4.78 is 22.9. The van der Waals surface area contributed by atoms with Crippen molar-refractivity contribution in [1.82, 2.24) is 15.2 Å². The Morgan fingerprint density at radius 1 is 1.43 bits per heavy atom. The van der Waals surface area contributed by atoms with E-state index in [0.29, 0.717) is 32.4 Å². The summed E-state index contributed by atoms with van der Waals surface area (Å²) in [6, 6.07) is 5.91. The maximum atomic E-state index is 11.9. The van der Waals surface area contributed by atoms with Crippen LogP contribution >= 0.6 is 0 Å². The van der Waals surface area contributed by atoms with Gasteiger partial charge >= 0.3 is 0 Å². The second kappa shape index (κ2) is 7.88. The summed E-state index contributed by atoms with van der Waals surface area (Å²) in [7, 11) is -0.992. The van der Waals surface area contributed by atoms with Crippen LogP contribution in [0.5, 0.6) is 0 Å². The van der Waals surface area contributed by atoms with Crippen LogP contribution < -0.4 is 5.32 Å². The topological polar surface area (TPSA) is 79.4 Å². The molecule has 1 N–H and O–H groups in total. The molecule has 6 nitrogen and oxygen atoms in total. The Bertz CT molecular complexity index is 646. The standard InChI is InChI=1S/C16H25N3O3S/c1-13-4-3-5-14(18-13)6-9-17-16(20)7-10-19(2)15-8-11-23(21,22)12-15/h3-5,15H,6-12H2,1-2H3,(H,17,20)/t15-/m1/s1. The first-order valence-corrected chi connectivity index (χ1v) is 9.78. The lowest BCUT2D eigenvalue weighted by molar-refractivity contribution is -0.121. The highest BCUT2D eigenvalue weighted by atomic mass is 32.2. The SMILES string of the molecule is Cc1cccc(CCNC(=O)CCN(C)[C@@H]2CCS(=O)(=O)C2)n1. The predicted octanol–water partition coefficient (Wildman–Crippen LogP) is 0.558. The van der Waals surface area contributed by atoms with Crippen molar-refractivity contribution in [3.8, 4) is 0 Å². The Balaban J connectivity index is 1.65. The zero-order chi connectivity index (χ0) is 16.9. The van der Waals surface area contributed by atoms with E-state index in [0.717, 1.165) is 11.4 Å². The first kappa shape index (κ1) is 17.9. The van der Waals surface area contributed by atoms with E-state index in [-0.39, 0.29) is 23.5 Å². The van der Waals surface area contributed by atoms with Gasteiger partial charge in [0.25, 0.3) is 0 Å². The van der Waals surface area contributed by atoms with Gasteiger partial charge in [-0.05, 0) is 32.5 Å². The van der Waals surface area contributed by atoms with Crippen molar-refractivity contribution in [1.29, 1.82) is 0 Å². The molecule has 128 valence electrons. The molecule has 1 aromatic rings. The summed E-state index contributed by atoms with van der Waals surface area (Å²) in [5.41, 5.74) is 1.94. The van der Waals surface area contributed by atoms with Crippen LogP contribution in [-0.4, -0.2) is 61.9 Å². The second-order valence-corrected chi connectivity index (χ2v) is 8.39. The summed E-state index contributed by atoms with van der Waals surface area (Å²) in [4.78, 5) is 18.2. The summed E-state index contributed by atoms with van der Waals surface area (Å²) in [5.74, 6) is 0.465. The summed E-state index contributed by atoms with van der Waals surface area (Å²) >= 11 is 0. The van der Waals surface area contributed by atoms with Crippen LogP contribution in [0.2, 0.25) is 0 Å². The lowest BCUT2D eigenvalue weighted by atomic mass is 10.2. The van der Waals surface area contributed by atoms with Gasteiger partial charge in [-0.25, -0.2) is 8.42 Å². The number of hydrogen-bond donors (Lipinski definition) is 1. The van der Waals surface area contributed by atoms with Crippen LogP contribution in [0.4, 0.5) is 0 Å². The van der Waals surface area contributed by atoms with Crippen molar-refractivity contribution < 1.29 is 13.2 Å². The summed E-state index contributed by atoms with van der Waals surface area (Å²) in [6.07, 6.45) is 1.76. The minimum atomic E-state index is -2.88. The number of rotatable bonds is 7. The van der Waals surface area contributed by atoms with E-state index in [1.807, 2.05) is 37.1 Å². The fourth-order valence-corrected chi connectivity index (χ4v) is 4.55. The molecule has 1 fully saturated rings. The molecule has 2 rings (SSSR count). The third kappa shape index (κ3) is 5.91. The number of nitrogens with zero attached hydrogens (tertiary/aromatic N) is 2. The third-order valence-corrected chi connectivity index (χ3v) is 5.92. The molecule has 1 atom stereocenters. The molecule has 0 spiro atoms. The van der Waals surface area contributed by atoms with Crippen LogP contribution in [-0.2, 0) is 21.1 Å². The molecular weight excluding hydrogens is 314 g/mol. The molecule has 0 aromatic carbocycles. The highest BCUT2D eigenvalue weighted by Crippen LogP contribution is 2.16. The van der Waals surface area contributed by atoms with E-state index in [4.69, 9.17) is 0 Å². The number of aryl methyl sites for hydroxylation is 1. The minimum absolute atomic E-state index is 0.00893. The molecule has 0 bridgehead atoms. The van der Waals surface area contributed by atoms with Gasteiger partial charge in [-0.2, -0.15) is 0 Å². The molecule has 7 heteroatoms. The molecule has 1 amide bonds. The van der Waals surface area contributed by atoms with Crippen LogP contribution in [0, 0.1) is 6.92 Å². The molecule has 23 heavy (non-hydrogen) atoms. The Morgan fingerprint density at radius 3 is 2.87 bits per heavy atom. The zero-order valence-electron chi connectivity index (χ0n) is 13.8. The number of amides is 1. The van der Waals surface area contributed by atoms with Gasteiger partial charge in [0.15, 0.2) is 9.84 Å². The minimum Gasteiger partial charge on any atom is -0.356 e. The van der Waals surface area contributed by atoms with Crippen LogP contribution in [0.3, 0.4) is 0 Å². The number of carbonyl (C=O) groups is 1.